The van der Waals surface area contributed by atoms with Crippen molar-refractivity contribution in [3.05, 3.63) is 29.6 Å². The van der Waals surface area contributed by atoms with Crippen LogP contribution < -0.4 is 4.74 Å². The Morgan fingerprint density at radius 3 is 2.76 bits per heavy atom. The maximum atomic E-state index is 13.2. The third-order valence-electron chi connectivity index (χ3n) is 3.35. The van der Waals surface area contributed by atoms with E-state index in [1.807, 2.05) is 13.8 Å². The Labute approximate surface area is 101 Å². The van der Waals surface area contributed by atoms with Crippen LogP contribution in [0.1, 0.15) is 25.5 Å². The van der Waals surface area contributed by atoms with Crippen LogP contribution in [-0.2, 0) is 0 Å². The van der Waals surface area contributed by atoms with Crippen molar-refractivity contribution >= 4 is 0 Å². The average Bonchev–Trinajstić information content (AvgIpc) is 2.34. The minimum Gasteiger partial charge on any atom is -0.491 e. The lowest BCUT2D eigenvalue weighted by Crippen LogP contribution is -2.45. The van der Waals surface area contributed by atoms with Gasteiger partial charge in [-0.2, -0.15) is 0 Å². The van der Waals surface area contributed by atoms with Crippen molar-refractivity contribution in [2.45, 2.75) is 26.0 Å². The number of halogens is 1. The van der Waals surface area contributed by atoms with Gasteiger partial charge in [-0.3, -0.25) is 4.90 Å². The molecule has 1 aliphatic heterocycles. The van der Waals surface area contributed by atoms with Crippen LogP contribution in [0.5, 0.6) is 5.75 Å². The summed E-state index contributed by atoms with van der Waals surface area (Å²) in [6.07, 6.45) is -0.686. The van der Waals surface area contributed by atoms with Crippen LogP contribution in [0, 0.1) is 5.82 Å². The fourth-order valence-electron chi connectivity index (χ4n) is 2.35. The van der Waals surface area contributed by atoms with Gasteiger partial charge < -0.3 is 9.84 Å². The second-order valence-electron chi connectivity index (χ2n) is 4.23. The van der Waals surface area contributed by atoms with Crippen molar-refractivity contribution in [2.75, 3.05) is 19.7 Å². The van der Waals surface area contributed by atoms with Gasteiger partial charge in [0.15, 0.2) is 0 Å². The van der Waals surface area contributed by atoms with E-state index < -0.39 is 6.10 Å². The zero-order valence-corrected chi connectivity index (χ0v) is 10.2. The fourth-order valence-corrected chi connectivity index (χ4v) is 2.35. The first-order valence-corrected chi connectivity index (χ1v) is 6.01. The first-order valence-electron chi connectivity index (χ1n) is 6.01. The lowest BCUT2D eigenvalue weighted by atomic mass is 9.98. The second-order valence-corrected chi connectivity index (χ2v) is 4.23. The SMILES string of the molecule is CCN(CC)C1COc2ccc(F)cc2C1O. The van der Waals surface area contributed by atoms with E-state index >= 15 is 0 Å². The van der Waals surface area contributed by atoms with Crippen LogP contribution in [0.15, 0.2) is 18.2 Å². The number of ether oxygens (including phenoxy) is 1. The van der Waals surface area contributed by atoms with E-state index in [9.17, 15) is 9.50 Å². The molecule has 1 aromatic rings. The van der Waals surface area contributed by atoms with Crippen LogP contribution in [-0.4, -0.2) is 35.7 Å². The summed E-state index contributed by atoms with van der Waals surface area (Å²) in [6, 6.07) is 4.19. The van der Waals surface area contributed by atoms with Crippen LogP contribution in [0.25, 0.3) is 0 Å². The number of likely N-dealkylation sites (N-methyl/N-ethyl adjacent to an activating group) is 1. The summed E-state index contributed by atoms with van der Waals surface area (Å²) in [5, 5.41) is 10.3. The predicted molar refractivity (Wildman–Crippen MR) is 63.6 cm³/mol. The molecule has 2 unspecified atom stereocenters. The Bertz CT molecular complexity index is 393. The summed E-state index contributed by atoms with van der Waals surface area (Å²) in [7, 11) is 0. The second kappa shape index (κ2) is 5.02. The maximum absolute atomic E-state index is 13.2. The highest BCUT2D eigenvalue weighted by Crippen LogP contribution is 2.34. The smallest absolute Gasteiger partial charge is 0.125 e. The van der Waals surface area contributed by atoms with Crippen molar-refractivity contribution in [2.24, 2.45) is 0 Å². The molecular weight excluding hydrogens is 221 g/mol. The number of fused-ring (bicyclic) bond motifs is 1. The third kappa shape index (κ3) is 2.28. The third-order valence-corrected chi connectivity index (χ3v) is 3.35. The minimum atomic E-state index is -0.686. The molecule has 0 saturated heterocycles. The molecule has 0 bridgehead atoms. The molecule has 2 atom stereocenters. The van der Waals surface area contributed by atoms with Crippen molar-refractivity contribution in [3.63, 3.8) is 0 Å². The molecule has 1 aromatic carbocycles. The molecule has 0 aliphatic carbocycles. The van der Waals surface area contributed by atoms with Gasteiger partial charge in [0, 0.05) is 5.56 Å². The van der Waals surface area contributed by atoms with Crippen molar-refractivity contribution in [1.29, 1.82) is 0 Å². The molecule has 0 amide bonds. The summed E-state index contributed by atoms with van der Waals surface area (Å²) in [5.41, 5.74) is 0.549. The number of nitrogens with zero attached hydrogens (tertiary/aromatic N) is 1. The molecule has 3 nitrogen and oxygen atoms in total. The van der Waals surface area contributed by atoms with E-state index in [0.717, 1.165) is 13.1 Å². The highest BCUT2D eigenvalue weighted by Gasteiger charge is 2.32. The highest BCUT2D eigenvalue weighted by atomic mass is 19.1. The van der Waals surface area contributed by atoms with Gasteiger partial charge >= 0.3 is 0 Å². The number of rotatable bonds is 3. The van der Waals surface area contributed by atoms with Gasteiger partial charge in [-0.1, -0.05) is 13.8 Å². The minimum absolute atomic E-state index is 0.0979. The van der Waals surface area contributed by atoms with Crippen molar-refractivity contribution in [1.82, 2.24) is 4.90 Å². The summed E-state index contributed by atoms with van der Waals surface area (Å²) in [5.74, 6) is 0.244. The Hall–Kier alpha value is -1.13. The standard InChI is InChI=1S/C13H18FNO2/c1-3-15(4-2)11-8-17-12-6-5-9(14)7-10(12)13(11)16/h5-7,11,13,16H,3-4,8H2,1-2H3. The first kappa shape index (κ1) is 12.3. The van der Waals surface area contributed by atoms with Crippen molar-refractivity contribution in [3.8, 4) is 5.75 Å². The normalized spacial score (nSPS) is 23.4. The Morgan fingerprint density at radius 1 is 1.41 bits per heavy atom. The van der Waals surface area contributed by atoms with E-state index in [1.54, 1.807) is 6.07 Å². The molecule has 94 valence electrons. The van der Waals surface area contributed by atoms with Gasteiger partial charge in [0.25, 0.3) is 0 Å². The molecule has 0 radical (unpaired) electrons. The molecule has 0 saturated carbocycles. The largest absolute Gasteiger partial charge is 0.491 e. The summed E-state index contributed by atoms with van der Waals surface area (Å²) in [4.78, 5) is 2.12. The van der Waals surface area contributed by atoms with Crippen LogP contribution >= 0.6 is 0 Å². The molecule has 0 spiro atoms. The van der Waals surface area contributed by atoms with E-state index in [1.165, 1.54) is 12.1 Å². The van der Waals surface area contributed by atoms with E-state index in [2.05, 4.69) is 4.90 Å². The molecule has 4 heteroatoms. The molecular formula is C13H18FNO2. The lowest BCUT2D eigenvalue weighted by Gasteiger charge is -2.37. The Balaban J connectivity index is 2.28. The molecule has 1 aliphatic rings. The molecule has 2 rings (SSSR count). The monoisotopic (exact) mass is 239 g/mol. The van der Waals surface area contributed by atoms with Crippen molar-refractivity contribution < 1.29 is 14.2 Å². The van der Waals surface area contributed by atoms with Crippen LogP contribution in [0.2, 0.25) is 0 Å². The number of hydrogen-bond acceptors (Lipinski definition) is 3. The number of hydrogen-bond donors (Lipinski definition) is 1. The van der Waals surface area contributed by atoms with E-state index in [0.29, 0.717) is 17.9 Å². The zero-order chi connectivity index (χ0) is 12.4. The number of aliphatic hydroxyl groups excluding tert-OH is 1. The van der Waals surface area contributed by atoms with Gasteiger partial charge in [0.05, 0.1) is 6.04 Å². The first-order chi connectivity index (χ1) is 8.17. The van der Waals surface area contributed by atoms with Crippen LogP contribution in [0.3, 0.4) is 0 Å². The molecule has 1 heterocycles. The van der Waals surface area contributed by atoms with Crippen LogP contribution in [0.4, 0.5) is 4.39 Å². The molecule has 17 heavy (non-hydrogen) atoms. The Morgan fingerprint density at radius 2 is 2.12 bits per heavy atom. The van der Waals surface area contributed by atoms with E-state index in [-0.39, 0.29) is 11.9 Å². The average molecular weight is 239 g/mol. The summed E-state index contributed by atoms with van der Waals surface area (Å²) < 4.78 is 18.8. The quantitative estimate of drug-likeness (QED) is 0.875. The summed E-state index contributed by atoms with van der Waals surface area (Å²) >= 11 is 0. The van der Waals surface area contributed by atoms with Gasteiger partial charge in [-0.25, -0.2) is 4.39 Å². The molecule has 0 fully saturated rings. The maximum Gasteiger partial charge on any atom is 0.125 e. The molecule has 1 N–H and O–H groups in total. The lowest BCUT2D eigenvalue weighted by molar-refractivity contribution is 0.00764. The summed E-state index contributed by atoms with van der Waals surface area (Å²) in [6.45, 7) is 6.20. The Kier molecular flexibility index (Phi) is 3.64. The van der Waals surface area contributed by atoms with Gasteiger partial charge in [-0.15, -0.1) is 0 Å². The fraction of sp³-hybridized carbons (Fsp3) is 0.538. The number of benzene rings is 1. The number of aliphatic hydroxyl groups is 1. The van der Waals surface area contributed by atoms with Gasteiger partial charge in [0.1, 0.15) is 24.3 Å². The zero-order valence-electron chi connectivity index (χ0n) is 10.2. The molecule has 0 aromatic heterocycles. The van der Waals surface area contributed by atoms with Gasteiger partial charge in [0.2, 0.25) is 0 Å². The highest BCUT2D eigenvalue weighted by molar-refractivity contribution is 5.38. The van der Waals surface area contributed by atoms with E-state index in [4.69, 9.17) is 4.74 Å². The topological polar surface area (TPSA) is 32.7 Å². The predicted octanol–water partition coefficient (Wildman–Crippen LogP) is 1.96. The van der Waals surface area contributed by atoms with Gasteiger partial charge in [-0.05, 0) is 31.3 Å².